The largest absolute Gasteiger partial charge is 0.341 e. The van der Waals surface area contributed by atoms with Crippen LogP contribution in [0.4, 0.5) is 0 Å². The van der Waals surface area contributed by atoms with Gasteiger partial charge in [-0.25, -0.2) is 9.97 Å². The van der Waals surface area contributed by atoms with Gasteiger partial charge in [0.1, 0.15) is 17.8 Å². The first kappa shape index (κ1) is 13.0. The zero-order valence-corrected chi connectivity index (χ0v) is 11.4. The topological polar surface area (TPSA) is 88.5 Å². The number of benzene rings is 1. The molecular weight excluding hydrogens is 268 g/mol. The van der Waals surface area contributed by atoms with Crippen molar-refractivity contribution in [2.75, 3.05) is 0 Å². The molecule has 0 saturated heterocycles. The number of amides is 1. The quantitative estimate of drug-likeness (QED) is 0.758. The van der Waals surface area contributed by atoms with Crippen molar-refractivity contribution in [3.63, 3.8) is 0 Å². The Morgan fingerprint density at radius 3 is 2.86 bits per heavy atom. The third kappa shape index (κ3) is 2.66. The maximum Gasteiger partial charge on any atom is 0.270 e. The monoisotopic (exact) mass is 282 g/mol. The highest BCUT2D eigenvalue weighted by Crippen LogP contribution is 2.12. The predicted molar refractivity (Wildman–Crippen MR) is 75.8 cm³/mol. The molecule has 7 heteroatoms. The van der Waals surface area contributed by atoms with Crippen LogP contribution in [0.25, 0.3) is 5.69 Å². The summed E-state index contributed by atoms with van der Waals surface area (Å²) >= 11 is 0. The van der Waals surface area contributed by atoms with Gasteiger partial charge in [-0.05, 0) is 19.1 Å². The smallest absolute Gasteiger partial charge is 0.270 e. The number of aromatic amines is 1. The van der Waals surface area contributed by atoms with Gasteiger partial charge >= 0.3 is 0 Å². The number of imidazole rings is 1. The number of nitrogens with zero attached hydrogens (tertiary/aromatic N) is 4. The Kier molecular flexibility index (Phi) is 3.46. The second-order valence-corrected chi connectivity index (χ2v) is 4.55. The minimum absolute atomic E-state index is 0.222. The summed E-state index contributed by atoms with van der Waals surface area (Å²) in [6.45, 7) is 1.83. The molecule has 1 unspecified atom stereocenters. The molecule has 0 fully saturated rings. The number of hydrogen-bond acceptors (Lipinski definition) is 4. The number of carbonyl (C=O) groups is 1. The van der Waals surface area contributed by atoms with Crippen molar-refractivity contribution in [1.29, 1.82) is 0 Å². The van der Waals surface area contributed by atoms with E-state index < -0.39 is 0 Å². The van der Waals surface area contributed by atoms with E-state index in [1.807, 2.05) is 37.3 Å². The Morgan fingerprint density at radius 2 is 2.14 bits per heavy atom. The molecule has 21 heavy (non-hydrogen) atoms. The summed E-state index contributed by atoms with van der Waals surface area (Å²) in [6, 6.07) is 9.31. The van der Waals surface area contributed by atoms with E-state index in [2.05, 4.69) is 25.5 Å². The van der Waals surface area contributed by atoms with Crippen molar-refractivity contribution in [1.82, 2.24) is 30.0 Å². The van der Waals surface area contributed by atoms with Gasteiger partial charge in [0.05, 0.1) is 18.6 Å². The molecule has 3 rings (SSSR count). The van der Waals surface area contributed by atoms with E-state index in [1.165, 1.54) is 12.5 Å². The number of hydrogen-bond donors (Lipinski definition) is 2. The van der Waals surface area contributed by atoms with Crippen LogP contribution in [0.3, 0.4) is 0 Å². The molecule has 2 N–H and O–H groups in total. The Hall–Kier alpha value is -2.96. The third-order valence-corrected chi connectivity index (χ3v) is 3.10. The minimum atomic E-state index is -0.265. The first-order valence-electron chi connectivity index (χ1n) is 6.49. The first-order chi connectivity index (χ1) is 10.3. The lowest BCUT2D eigenvalue weighted by atomic mass is 10.3. The summed E-state index contributed by atoms with van der Waals surface area (Å²) in [5.74, 6) is 0.384. The van der Waals surface area contributed by atoms with Crippen molar-refractivity contribution >= 4 is 5.91 Å². The third-order valence-electron chi connectivity index (χ3n) is 3.10. The average Bonchev–Trinajstić information content (AvgIpc) is 3.19. The molecule has 0 aliphatic heterocycles. The molecule has 2 aromatic heterocycles. The molecule has 0 aliphatic carbocycles. The fourth-order valence-corrected chi connectivity index (χ4v) is 2.02. The minimum Gasteiger partial charge on any atom is -0.341 e. The lowest BCUT2D eigenvalue weighted by Gasteiger charge is -2.12. The van der Waals surface area contributed by atoms with Gasteiger partial charge in [0.2, 0.25) is 0 Å². The molecule has 7 nitrogen and oxygen atoms in total. The second-order valence-electron chi connectivity index (χ2n) is 4.55. The van der Waals surface area contributed by atoms with Crippen molar-refractivity contribution in [3.8, 4) is 5.69 Å². The zero-order chi connectivity index (χ0) is 14.7. The van der Waals surface area contributed by atoms with E-state index in [0.717, 1.165) is 5.69 Å². The predicted octanol–water partition coefficient (Wildman–Crippen LogP) is 1.48. The maximum absolute atomic E-state index is 12.4. The standard InChI is InChI=1S/C14H14N6O/c1-10(13-16-8-17-19-13)18-14(21)12-7-15-9-20(12)11-5-3-2-4-6-11/h2-10H,1H3,(H,18,21)(H,16,17,19). The van der Waals surface area contributed by atoms with Gasteiger partial charge in [0, 0.05) is 5.69 Å². The Bertz CT molecular complexity index is 719. The van der Waals surface area contributed by atoms with Gasteiger partial charge in [0.25, 0.3) is 5.91 Å². The molecular formula is C14H14N6O. The van der Waals surface area contributed by atoms with Crippen molar-refractivity contribution < 1.29 is 4.79 Å². The number of para-hydroxylation sites is 1. The van der Waals surface area contributed by atoms with Gasteiger partial charge < -0.3 is 5.32 Å². The zero-order valence-electron chi connectivity index (χ0n) is 11.4. The molecule has 0 radical (unpaired) electrons. The Morgan fingerprint density at radius 1 is 1.33 bits per heavy atom. The van der Waals surface area contributed by atoms with Gasteiger partial charge in [-0.3, -0.25) is 14.5 Å². The summed E-state index contributed by atoms with van der Waals surface area (Å²) < 4.78 is 1.74. The number of nitrogens with one attached hydrogen (secondary N) is 2. The molecule has 1 aromatic carbocycles. The lowest BCUT2D eigenvalue weighted by molar-refractivity contribution is 0.0931. The van der Waals surface area contributed by atoms with Gasteiger partial charge in [-0.1, -0.05) is 18.2 Å². The van der Waals surface area contributed by atoms with Crippen LogP contribution in [0.2, 0.25) is 0 Å². The summed E-state index contributed by atoms with van der Waals surface area (Å²) in [6.07, 6.45) is 4.56. The van der Waals surface area contributed by atoms with Crippen LogP contribution < -0.4 is 5.32 Å². The van der Waals surface area contributed by atoms with Crippen LogP contribution in [0, 0.1) is 0 Å². The highest BCUT2D eigenvalue weighted by atomic mass is 16.2. The van der Waals surface area contributed by atoms with Crippen molar-refractivity contribution in [3.05, 3.63) is 60.7 Å². The van der Waals surface area contributed by atoms with Crippen LogP contribution in [0.5, 0.6) is 0 Å². The van der Waals surface area contributed by atoms with Crippen LogP contribution in [-0.4, -0.2) is 30.6 Å². The van der Waals surface area contributed by atoms with E-state index in [-0.39, 0.29) is 11.9 Å². The van der Waals surface area contributed by atoms with Crippen molar-refractivity contribution in [2.24, 2.45) is 0 Å². The molecule has 2 heterocycles. The molecule has 106 valence electrons. The summed E-state index contributed by atoms with van der Waals surface area (Å²) in [4.78, 5) is 20.5. The normalized spacial score (nSPS) is 12.0. The summed E-state index contributed by atoms with van der Waals surface area (Å²) in [5.41, 5.74) is 1.35. The van der Waals surface area contributed by atoms with Crippen molar-refractivity contribution in [2.45, 2.75) is 13.0 Å². The fraction of sp³-hybridized carbons (Fsp3) is 0.143. The molecule has 3 aromatic rings. The van der Waals surface area contributed by atoms with Gasteiger partial charge in [-0.15, -0.1) is 0 Å². The molecule has 0 aliphatic rings. The number of rotatable bonds is 4. The second kappa shape index (κ2) is 5.58. The van der Waals surface area contributed by atoms with Gasteiger partial charge in [-0.2, -0.15) is 5.10 Å². The number of H-pyrrole nitrogens is 1. The first-order valence-corrected chi connectivity index (χ1v) is 6.49. The highest BCUT2D eigenvalue weighted by Gasteiger charge is 2.17. The van der Waals surface area contributed by atoms with Gasteiger partial charge in [0.15, 0.2) is 0 Å². The maximum atomic E-state index is 12.4. The van der Waals surface area contributed by atoms with Crippen LogP contribution in [0.1, 0.15) is 29.3 Å². The van der Waals surface area contributed by atoms with Crippen LogP contribution in [0.15, 0.2) is 49.2 Å². The Balaban J connectivity index is 1.82. The molecule has 0 saturated carbocycles. The lowest BCUT2D eigenvalue weighted by Crippen LogP contribution is -2.29. The SMILES string of the molecule is CC(NC(=O)c1cncn1-c1ccccc1)c1ncn[nH]1. The van der Waals surface area contributed by atoms with Crippen LogP contribution >= 0.6 is 0 Å². The molecule has 1 amide bonds. The van der Waals surface area contributed by atoms with E-state index >= 15 is 0 Å². The molecule has 0 bridgehead atoms. The highest BCUT2D eigenvalue weighted by molar-refractivity contribution is 5.93. The Labute approximate surface area is 121 Å². The summed E-state index contributed by atoms with van der Waals surface area (Å²) in [5, 5.41) is 9.37. The summed E-state index contributed by atoms with van der Waals surface area (Å²) in [7, 11) is 0. The molecule has 1 atom stereocenters. The molecule has 0 spiro atoms. The van der Waals surface area contributed by atoms with E-state index in [1.54, 1.807) is 10.9 Å². The average molecular weight is 282 g/mol. The number of carbonyl (C=O) groups excluding carboxylic acids is 1. The number of aromatic nitrogens is 5. The van der Waals surface area contributed by atoms with E-state index in [4.69, 9.17) is 0 Å². The fourth-order valence-electron chi connectivity index (χ4n) is 2.02. The van der Waals surface area contributed by atoms with E-state index in [0.29, 0.717) is 11.5 Å². The van der Waals surface area contributed by atoms with E-state index in [9.17, 15) is 4.79 Å². The van der Waals surface area contributed by atoms with Crippen LogP contribution in [-0.2, 0) is 0 Å².